The van der Waals surface area contributed by atoms with Crippen molar-refractivity contribution in [3.63, 3.8) is 0 Å². The standard InChI is InChI=1S/C12H13BrS/c1-3-9-10-4-5-14-12(10)6-8(2)11(9)7-13/h4-6H,3,7H2,1-2H3. The number of alkyl halides is 1. The van der Waals surface area contributed by atoms with Gasteiger partial charge in [0, 0.05) is 10.0 Å². The zero-order valence-electron chi connectivity index (χ0n) is 8.43. The molecule has 0 aliphatic heterocycles. The summed E-state index contributed by atoms with van der Waals surface area (Å²) in [4.78, 5) is 0. The number of benzene rings is 1. The average molecular weight is 269 g/mol. The highest BCUT2D eigenvalue weighted by Gasteiger charge is 2.09. The zero-order chi connectivity index (χ0) is 10.1. The van der Waals surface area contributed by atoms with Crippen LogP contribution < -0.4 is 0 Å². The van der Waals surface area contributed by atoms with E-state index in [9.17, 15) is 0 Å². The highest BCUT2D eigenvalue weighted by atomic mass is 79.9. The third-order valence-corrected chi connectivity index (χ3v) is 4.12. The maximum Gasteiger partial charge on any atom is 0.0348 e. The molecule has 0 atom stereocenters. The van der Waals surface area contributed by atoms with Gasteiger partial charge in [-0.05, 0) is 52.9 Å². The van der Waals surface area contributed by atoms with Gasteiger partial charge >= 0.3 is 0 Å². The largest absolute Gasteiger partial charge is 0.144 e. The van der Waals surface area contributed by atoms with E-state index in [2.05, 4.69) is 47.3 Å². The van der Waals surface area contributed by atoms with Gasteiger partial charge in [-0.3, -0.25) is 0 Å². The van der Waals surface area contributed by atoms with Crippen LogP contribution in [0.2, 0.25) is 0 Å². The molecule has 2 aromatic rings. The van der Waals surface area contributed by atoms with Gasteiger partial charge in [-0.15, -0.1) is 11.3 Å². The normalized spacial score (nSPS) is 11.1. The van der Waals surface area contributed by atoms with Crippen LogP contribution in [0.15, 0.2) is 17.5 Å². The lowest BCUT2D eigenvalue weighted by Gasteiger charge is -2.10. The average Bonchev–Trinajstić information content (AvgIpc) is 2.62. The Labute approximate surface area is 97.1 Å². The lowest BCUT2D eigenvalue weighted by atomic mass is 9.98. The van der Waals surface area contributed by atoms with Crippen molar-refractivity contribution in [2.24, 2.45) is 0 Å². The first-order valence-electron chi connectivity index (χ1n) is 4.82. The number of rotatable bonds is 2. The van der Waals surface area contributed by atoms with E-state index in [1.807, 2.05) is 11.3 Å². The van der Waals surface area contributed by atoms with Gasteiger partial charge in [0.05, 0.1) is 0 Å². The van der Waals surface area contributed by atoms with E-state index in [-0.39, 0.29) is 0 Å². The molecule has 1 heterocycles. The van der Waals surface area contributed by atoms with Crippen LogP contribution in [-0.2, 0) is 11.8 Å². The fourth-order valence-electron chi connectivity index (χ4n) is 1.96. The fraction of sp³-hybridized carbons (Fsp3) is 0.333. The lowest BCUT2D eigenvalue weighted by molar-refractivity contribution is 1.11. The minimum atomic E-state index is 0.966. The maximum absolute atomic E-state index is 3.58. The monoisotopic (exact) mass is 268 g/mol. The number of thiophene rings is 1. The summed E-state index contributed by atoms with van der Waals surface area (Å²) in [5, 5.41) is 4.59. The number of hydrogen-bond acceptors (Lipinski definition) is 1. The Morgan fingerprint density at radius 2 is 2.14 bits per heavy atom. The van der Waals surface area contributed by atoms with Crippen molar-refractivity contribution in [1.29, 1.82) is 0 Å². The molecular formula is C12H13BrS. The second-order valence-electron chi connectivity index (χ2n) is 3.47. The Bertz CT molecular complexity index is 457. The molecule has 1 aromatic heterocycles. The molecule has 0 radical (unpaired) electrons. The number of aryl methyl sites for hydroxylation is 2. The molecule has 14 heavy (non-hydrogen) atoms. The Morgan fingerprint density at radius 3 is 2.79 bits per heavy atom. The summed E-state index contributed by atoms with van der Waals surface area (Å²) in [7, 11) is 0. The van der Waals surface area contributed by atoms with Crippen molar-refractivity contribution in [3.05, 3.63) is 34.2 Å². The first-order valence-corrected chi connectivity index (χ1v) is 6.82. The predicted molar refractivity (Wildman–Crippen MR) is 68.6 cm³/mol. The second kappa shape index (κ2) is 4.03. The SMILES string of the molecule is CCc1c(CBr)c(C)cc2sccc12. The maximum atomic E-state index is 3.58. The van der Waals surface area contributed by atoms with Gasteiger partial charge in [-0.1, -0.05) is 22.9 Å². The number of halogens is 1. The van der Waals surface area contributed by atoms with Crippen LogP contribution in [0.4, 0.5) is 0 Å². The van der Waals surface area contributed by atoms with Crippen molar-refractivity contribution in [2.45, 2.75) is 25.6 Å². The van der Waals surface area contributed by atoms with E-state index in [1.165, 1.54) is 26.8 Å². The van der Waals surface area contributed by atoms with Crippen LogP contribution in [0.25, 0.3) is 10.1 Å². The lowest BCUT2D eigenvalue weighted by Crippen LogP contribution is -1.93. The van der Waals surface area contributed by atoms with Crippen molar-refractivity contribution in [3.8, 4) is 0 Å². The van der Waals surface area contributed by atoms with Crippen LogP contribution in [0, 0.1) is 6.92 Å². The molecule has 0 saturated carbocycles. The van der Waals surface area contributed by atoms with E-state index in [1.54, 1.807) is 0 Å². The number of hydrogen-bond donors (Lipinski definition) is 0. The molecule has 74 valence electrons. The summed E-state index contributed by atoms with van der Waals surface area (Å²) in [5.41, 5.74) is 4.39. The number of fused-ring (bicyclic) bond motifs is 1. The molecule has 0 N–H and O–H groups in total. The minimum absolute atomic E-state index is 0.966. The summed E-state index contributed by atoms with van der Waals surface area (Å²) in [5.74, 6) is 0. The second-order valence-corrected chi connectivity index (χ2v) is 4.98. The third-order valence-electron chi connectivity index (χ3n) is 2.70. The summed E-state index contributed by atoms with van der Waals surface area (Å²) in [6.07, 6.45) is 1.12. The van der Waals surface area contributed by atoms with E-state index < -0.39 is 0 Å². The summed E-state index contributed by atoms with van der Waals surface area (Å²) in [6, 6.07) is 4.54. The molecular weight excluding hydrogens is 256 g/mol. The van der Waals surface area contributed by atoms with Gasteiger partial charge in [0.25, 0.3) is 0 Å². The Hall–Kier alpha value is -0.340. The first-order chi connectivity index (χ1) is 6.77. The predicted octanol–water partition coefficient (Wildman–Crippen LogP) is 4.67. The Balaban J connectivity index is 2.82. The molecule has 0 spiro atoms. The van der Waals surface area contributed by atoms with Gasteiger partial charge in [0.1, 0.15) is 0 Å². The topological polar surface area (TPSA) is 0 Å². The van der Waals surface area contributed by atoms with Gasteiger partial charge < -0.3 is 0 Å². The van der Waals surface area contributed by atoms with Crippen LogP contribution in [-0.4, -0.2) is 0 Å². The highest BCUT2D eigenvalue weighted by molar-refractivity contribution is 9.08. The van der Waals surface area contributed by atoms with Crippen molar-refractivity contribution in [2.75, 3.05) is 0 Å². The van der Waals surface area contributed by atoms with Crippen LogP contribution in [0.3, 0.4) is 0 Å². The molecule has 0 aliphatic carbocycles. The fourth-order valence-corrected chi connectivity index (χ4v) is 3.65. The van der Waals surface area contributed by atoms with Crippen molar-refractivity contribution in [1.82, 2.24) is 0 Å². The van der Waals surface area contributed by atoms with Crippen molar-refractivity contribution < 1.29 is 0 Å². The molecule has 0 aliphatic rings. The molecule has 2 rings (SSSR count). The van der Waals surface area contributed by atoms with E-state index >= 15 is 0 Å². The van der Waals surface area contributed by atoms with Crippen LogP contribution >= 0.6 is 27.3 Å². The zero-order valence-corrected chi connectivity index (χ0v) is 10.8. The molecule has 0 unspecified atom stereocenters. The van der Waals surface area contributed by atoms with Gasteiger partial charge in [-0.25, -0.2) is 0 Å². The Kier molecular flexibility index (Phi) is 2.93. The van der Waals surface area contributed by atoms with E-state index in [0.29, 0.717) is 0 Å². The molecule has 1 aromatic carbocycles. The van der Waals surface area contributed by atoms with E-state index in [0.717, 1.165) is 11.8 Å². The molecule has 0 bridgehead atoms. The van der Waals surface area contributed by atoms with Crippen LogP contribution in [0.5, 0.6) is 0 Å². The third kappa shape index (κ3) is 1.51. The molecule has 0 fully saturated rings. The quantitative estimate of drug-likeness (QED) is 0.695. The molecule has 0 nitrogen and oxygen atoms in total. The smallest absolute Gasteiger partial charge is 0.0348 e. The molecule has 2 heteroatoms. The summed E-state index contributed by atoms with van der Waals surface area (Å²) >= 11 is 5.41. The molecule has 0 saturated heterocycles. The summed E-state index contributed by atoms with van der Waals surface area (Å²) < 4.78 is 1.42. The van der Waals surface area contributed by atoms with Gasteiger partial charge in [-0.2, -0.15) is 0 Å². The first kappa shape index (κ1) is 10.2. The van der Waals surface area contributed by atoms with Gasteiger partial charge in [0.15, 0.2) is 0 Å². The molecule has 0 amide bonds. The Morgan fingerprint density at radius 1 is 1.36 bits per heavy atom. The summed E-state index contributed by atoms with van der Waals surface area (Å²) in [6.45, 7) is 4.44. The van der Waals surface area contributed by atoms with Crippen LogP contribution in [0.1, 0.15) is 23.6 Å². The minimum Gasteiger partial charge on any atom is -0.144 e. The highest BCUT2D eigenvalue weighted by Crippen LogP contribution is 2.31. The van der Waals surface area contributed by atoms with Crippen molar-refractivity contribution >= 4 is 37.4 Å². The van der Waals surface area contributed by atoms with Gasteiger partial charge in [0.2, 0.25) is 0 Å². The van der Waals surface area contributed by atoms with E-state index in [4.69, 9.17) is 0 Å².